The molecule has 0 saturated heterocycles. The molecule has 1 rings (SSSR count). The van der Waals surface area contributed by atoms with Gasteiger partial charge in [-0.15, -0.1) is 0 Å². The number of para-hydroxylation sites is 1. The minimum absolute atomic E-state index is 0.243. The van der Waals surface area contributed by atoms with E-state index in [4.69, 9.17) is 0 Å². The molecule has 0 saturated carbocycles. The highest BCUT2D eigenvalue weighted by Crippen LogP contribution is 2.16. The van der Waals surface area contributed by atoms with Crippen LogP contribution in [-0.2, 0) is 16.4 Å². The third-order valence-corrected chi connectivity index (χ3v) is 3.43. The summed E-state index contributed by atoms with van der Waals surface area (Å²) in [5.74, 6) is 0.243. The normalized spacial score (nSPS) is 11.8. The summed E-state index contributed by atoms with van der Waals surface area (Å²) in [6, 6.07) is 7.03. The Morgan fingerprint density at radius 2 is 2.06 bits per heavy atom. The second-order valence-electron chi connectivity index (χ2n) is 3.74. The fourth-order valence-electron chi connectivity index (χ4n) is 1.42. The molecule has 0 heterocycles. The molecule has 0 aromatic heterocycles. The average molecular weight is 267 g/mol. The lowest BCUT2D eigenvalue weighted by Crippen LogP contribution is -2.22. The SMILES string of the molecule is C=C/C=C\S(=O)(=O)NCCCc1ccccc1O. The summed E-state index contributed by atoms with van der Waals surface area (Å²) in [5, 5.41) is 10.6. The van der Waals surface area contributed by atoms with Crippen LogP contribution in [0.5, 0.6) is 5.75 Å². The summed E-state index contributed by atoms with van der Waals surface area (Å²) in [7, 11) is -3.37. The topological polar surface area (TPSA) is 66.4 Å². The third-order valence-electron chi connectivity index (χ3n) is 2.31. The number of rotatable bonds is 7. The Balaban J connectivity index is 2.38. The molecule has 0 unspecified atom stereocenters. The zero-order valence-electron chi connectivity index (χ0n) is 10.0. The first-order valence-corrected chi connectivity index (χ1v) is 7.15. The van der Waals surface area contributed by atoms with Crippen LogP contribution in [0.15, 0.2) is 48.4 Å². The van der Waals surface area contributed by atoms with Crippen molar-refractivity contribution in [2.45, 2.75) is 12.8 Å². The lowest BCUT2D eigenvalue weighted by molar-refractivity contribution is 0.467. The van der Waals surface area contributed by atoms with E-state index in [1.54, 1.807) is 12.1 Å². The third kappa shape index (κ3) is 5.16. The van der Waals surface area contributed by atoms with Crippen LogP contribution in [0, 0.1) is 0 Å². The van der Waals surface area contributed by atoms with Crippen molar-refractivity contribution in [1.82, 2.24) is 4.72 Å². The van der Waals surface area contributed by atoms with E-state index >= 15 is 0 Å². The van der Waals surface area contributed by atoms with Gasteiger partial charge in [-0.25, -0.2) is 13.1 Å². The van der Waals surface area contributed by atoms with Gasteiger partial charge in [-0.3, -0.25) is 0 Å². The first kappa shape index (κ1) is 14.5. The summed E-state index contributed by atoms with van der Waals surface area (Å²) >= 11 is 0. The number of sulfonamides is 1. The zero-order valence-corrected chi connectivity index (χ0v) is 10.9. The molecule has 0 radical (unpaired) electrons. The fourth-order valence-corrected chi connectivity index (χ4v) is 2.27. The second-order valence-corrected chi connectivity index (χ2v) is 5.39. The van der Waals surface area contributed by atoms with Crippen LogP contribution in [0.25, 0.3) is 0 Å². The molecule has 5 heteroatoms. The lowest BCUT2D eigenvalue weighted by Gasteiger charge is -2.04. The number of hydrogen-bond donors (Lipinski definition) is 2. The molecule has 0 amide bonds. The number of hydrogen-bond acceptors (Lipinski definition) is 3. The van der Waals surface area contributed by atoms with Gasteiger partial charge in [-0.1, -0.05) is 36.9 Å². The zero-order chi connectivity index (χ0) is 13.4. The van der Waals surface area contributed by atoms with E-state index in [0.717, 1.165) is 11.0 Å². The number of aryl methyl sites for hydroxylation is 1. The second kappa shape index (κ2) is 6.98. The molecular formula is C13H17NO3S. The molecule has 0 fully saturated rings. The van der Waals surface area contributed by atoms with E-state index in [-0.39, 0.29) is 5.75 Å². The Morgan fingerprint density at radius 3 is 2.72 bits per heavy atom. The van der Waals surface area contributed by atoms with Crippen LogP contribution < -0.4 is 4.72 Å². The van der Waals surface area contributed by atoms with Gasteiger partial charge in [0.15, 0.2) is 0 Å². The first-order valence-electron chi connectivity index (χ1n) is 5.61. The molecule has 2 N–H and O–H groups in total. The van der Waals surface area contributed by atoms with Gasteiger partial charge >= 0.3 is 0 Å². The van der Waals surface area contributed by atoms with Crippen molar-refractivity contribution in [3.05, 3.63) is 54.0 Å². The van der Waals surface area contributed by atoms with Gasteiger partial charge in [-0.05, 0) is 24.5 Å². The Labute approximate surface area is 108 Å². The van der Waals surface area contributed by atoms with Gasteiger partial charge in [0, 0.05) is 12.0 Å². The molecular weight excluding hydrogens is 250 g/mol. The highest BCUT2D eigenvalue weighted by molar-refractivity contribution is 7.92. The molecule has 0 atom stereocenters. The standard InChI is InChI=1S/C13H17NO3S/c1-2-3-11-18(16,17)14-10-6-8-12-7-4-5-9-13(12)15/h2-5,7,9,11,14-15H,1,6,8,10H2/b11-3-. The van der Waals surface area contributed by atoms with E-state index in [1.165, 1.54) is 12.2 Å². The average Bonchev–Trinajstić information content (AvgIpc) is 2.34. The monoisotopic (exact) mass is 267 g/mol. The number of benzene rings is 1. The molecule has 0 aliphatic rings. The van der Waals surface area contributed by atoms with E-state index in [9.17, 15) is 13.5 Å². The predicted molar refractivity (Wildman–Crippen MR) is 72.7 cm³/mol. The van der Waals surface area contributed by atoms with Crippen LogP contribution in [0.2, 0.25) is 0 Å². The van der Waals surface area contributed by atoms with Crippen LogP contribution in [0.1, 0.15) is 12.0 Å². The smallest absolute Gasteiger partial charge is 0.233 e. The van der Waals surface area contributed by atoms with Gasteiger partial charge in [0.2, 0.25) is 10.0 Å². The first-order chi connectivity index (χ1) is 8.55. The molecule has 0 aliphatic heterocycles. The lowest BCUT2D eigenvalue weighted by atomic mass is 10.1. The Bertz CT molecular complexity index is 521. The number of allylic oxidation sites excluding steroid dienone is 2. The van der Waals surface area contributed by atoms with Crippen molar-refractivity contribution in [2.75, 3.05) is 6.54 Å². The number of phenolic OH excluding ortho intramolecular Hbond substituents is 1. The summed E-state index contributed by atoms with van der Waals surface area (Å²) in [6.07, 6.45) is 4.02. The van der Waals surface area contributed by atoms with E-state index in [2.05, 4.69) is 11.3 Å². The molecule has 18 heavy (non-hydrogen) atoms. The highest BCUT2D eigenvalue weighted by Gasteiger charge is 2.04. The van der Waals surface area contributed by atoms with Gasteiger partial charge < -0.3 is 5.11 Å². The predicted octanol–water partition coefficient (Wildman–Crippen LogP) is 1.94. The molecule has 0 spiro atoms. The van der Waals surface area contributed by atoms with Crippen molar-refractivity contribution < 1.29 is 13.5 Å². The highest BCUT2D eigenvalue weighted by atomic mass is 32.2. The molecule has 98 valence electrons. The van der Waals surface area contributed by atoms with Gasteiger partial charge in [0.1, 0.15) is 5.75 Å². The Kier molecular flexibility index (Phi) is 5.61. The van der Waals surface area contributed by atoms with Gasteiger partial charge in [-0.2, -0.15) is 0 Å². The summed E-state index contributed by atoms with van der Waals surface area (Å²) in [6.45, 7) is 3.73. The number of aromatic hydroxyl groups is 1. The van der Waals surface area contributed by atoms with E-state index in [0.29, 0.717) is 19.4 Å². The molecule has 1 aromatic rings. The minimum Gasteiger partial charge on any atom is -0.508 e. The maximum absolute atomic E-state index is 11.4. The summed E-state index contributed by atoms with van der Waals surface area (Å²) in [5.41, 5.74) is 0.818. The van der Waals surface area contributed by atoms with Gasteiger partial charge in [0.05, 0.1) is 0 Å². The van der Waals surface area contributed by atoms with Crippen molar-refractivity contribution in [2.24, 2.45) is 0 Å². The van der Waals surface area contributed by atoms with Gasteiger partial charge in [0.25, 0.3) is 0 Å². The molecule has 1 aromatic carbocycles. The van der Waals surface area contributed by atoms with Crippen LogP contribution in [-0.4, -0.2) is 20.1 Å². The molecule has 4 nitrogen and oxygen atoms in total. The van der Waals surface area contributed by atoms with Crippen molar-refractivity contribution in [3.63, 3.8) is 0 Å². The van der Waals surface area contributed by atoms with Crippen LogP contribution in [0.3, 0.4) is 0 Å². The Hall–Kier alpha value is -1.59. The van der Waals surface area contributed by atoms with Crippen molar-refractivity contribution in [3.8, 4) is 5.75 Å². The summed E-state index contributed by atoms with van der Waals surface area (Å²) in [4.78, 5) is 0. The Morgan fingerprint density at radius 1 is 1.33 bits per heavy atom. The van der Waals surface area contributed by atoms with E-state index in [1.807, 2.05) is 12.1 Å². The van der Waals surface area contributed by atoms with E-state index < -0.39 is 10.0 Å². The van der Waals surface area contributed by atoms with Crippen molar-refractivity contribution in [1.29, 1.82) is 0 Å². The molecule has 0 bridgehead atoms. The van der Waals surface area contributed by atoms with Crippen LogP contribution in [0.4, 0.5) is 0 Å². The maximum Gasteiger partial charge on any atom is 0.233 e. The fraction of sp³-hybridized carbons (Fsp3) is 0.231. The summed E-state index contributed by atoms with van der Waals surface area (Å²) < 4.78 is 25.2. The van der Waals surface area contributed by atoms with Crippen LogP contribution >= 0.6 is 0 Å². The van der Waals surface area contributed by atoms with Crippen molar-refractivity contribution >= 4 is 10.0 Å². The maximum atomic E-state index is 11.4. The number of nitrogens with one attached hydrogen (secondary N) is 1. The minimum atomic E-state index is -3.37. The number of phenols is 1. The molecule has 0 aliphatic carbocycles. The largest absolute Gasteiger partial charge is 0.508 e. The quantitative estimate of drug-likeness (QED) is 0.586.